The summed E-state index contributed by atoms with van der Waals surface area (Å²) in [6, 6.07) is 6.05. The van der Waals surface area contributed by atoms with Gasteiger partial charge in [0.25, 0.3) is 0 Å². The average Bonchev–Trinajstić information content (AvgIpc) is 3.12. The smallest absolute Gasteiger partial charge is 0.126 e. The van der Waals surface area contributed by atoms with Crippen LogP contribution in [-0.2, 0) is 6.42 Å². The fraction of sp³-hybridized carbons (Fsp3) is 0.625. The van der Waals surface area contributed by atoms with Gasteiger partial charge in [-0.25, -0.2) is 4.39 Å². The highest BCUT2D eigenvalue weighted by atomic mass is 79.9. The van der Waals surface area contributed by atoms with E-state index in [0.717, 1.165) is 29.0 Å². The Hall–Kier alpha value is -0.410. The third-order valence-corrected chi connectivity index (χ3v) is 5.07. The lowest BCUT2D eigenvalue weighted by atomic mass is 9.79. The van der Waals surface area contributed by atoms with Crippen LogP contribution in [0.1, 0.15) is 44.1 Å². The van der Waals surface area contributed by atoms with Crippen molar-refractivity contribution in [2.24, 2.45) is 5.41 Å². The van der Waals surface area contributed by atoms with Gasteiger partial charge in [-0.15, -0.1) is 0 Å². The van der Waals surface area contributed by atoms with Crippen LogP contribution in [0.5, 0.6) is 0 Å². The van der Waals surface area contributed by atoms with Gasteiger partial charge >= 0.3 is 0 Å². The van der Waals surface area contributed by atoms with Crippen LogP contribution in [0.25, 0.3) is 0 Å². The Labute approximate surface area is 123 Å². The minimum atomic E-state index is -0.0547. The zero-order chi connectivity index (χ0) is 13.3. The van der Waals surface area contributed by atoms with E-state index in [2.05, 4.69) is 21.2 Å². The number of nitrogens with one attached hydrogen (secondary N) is 1. The summed E-state index contributed by atoms with van der Waals surface area (Å²) in [5.41, 5.74) is 1.15. The quantitative estimate of drug-likeness (QED) is 0.843. The third kappa shape index (κ3) is 3.38. The van der Waals surface area contributed by atoms with Gasteiger partial charge in [0.1, 0.15) is 5.82 Å². The van der Waals surface area contributed by atoms with Crippen molar-refractivity contribution in [1.29, 1.82) is 0 Å². The van der Waals surface area contributed by atoms with Crippen molar-refractivity contribution in [3.05, 3.63) is 34.1 Å². The lowest BCUT2D eigenvalue weighted by Crippen LogP contribution is -2.35. The molecular weight excluding hydrogens is 305 g/mol. The van der Waals surface area contributed by atoms with Crippen LogP contribution >= 0.6 is 15.9 Å². The maximum absolute atomic E-state index is 14.0. The predicted octanol–water partition coefficient (Wildman–Crippen LogP) is 4.44. The van der Waals surface area contributed by atoms with E-state index in [1.165, 1.54) is 38.5 Å². The Bertz CT molecular complexity index is 450. The summed E-state index contributed by atoms with van der Waals surface area (Å²) in [4.78, 5) is 0. The molecule has 0 unspecified atom stereocenters. The second-order valence-electron chi connectivity index (χ2n) is 6.27. The first-order chi connectivity index (χ1) is 9.17. The van der Waals surface area contributed by atoms with Gasteiger partial charge in [-0.2, -0.15) is 0 Å². The molecule has 0 aromatic heterocycles. The highest BCUT2D eigenvalue weighted by Gasteiger charge is 2.36. The highest BCUT2D eigenvalue weighted by molar-refractivity contribution is 9.10. The molecule has 1 nitrogen and oxygen atoms in total. The molecule has 1 aromatic rings. The maximum Gasteiger partial charge on any atom is 0.126 e. The molecule has 3 heteroatoms. The molecule has 2 fully saturated rings. The molecule has 3 rings (SSSR count). The van der Waals surface area contributed by atoms with Crippen molar-refractivity contribution in [2.75, 3.05) is 6.54 Å². The molecule has 0 radical (unpaired) electrons. The molecular formula is C16H21BrFN. The number of hydrogen-bond acceptors (Lipinski definition) is 1. The van der Waals surface area contributed by atoms with Crippen LogP contribution in [0.15, 0.2) is 22.7 Å². The summed E-state index contributed by atoms with van der Waals surface area (Å²) in [6.07, 6.45) is 8.57. The largest absolute Gasteiger partial charge is 0.313 e. The predicted molar refractivity (Wildman–Crippen MR) is 79.7 cm³/mol. The van der Waals surface area contributed by atoms with Crippen molar-refractivity contribution < 1.29 is 4.39 Å². The van der Waals surface area contributed by atoms with Crippen LogP contribution in [-0.4, -0.2) is 12.6 Å². The zero-order valence-corrected chi connectivity index (χ0v) is 12.8. The number of halogens is 2. The minimum absolute atomic E-state index is 0.0547. The first-order valence-corrected chi connectivity index (χ1v) is 8.14. The fourth-order valence-corrected chi connectivity index (χ4v) is 3.68. The summed E-state index contributed by atoms with van der Waals surface area (Å²) in [5.74, 6) is -0.0547. The van der Waals surface area contributed by atoms with Crippen LogP contribution in [0.4, 0.5) is 4.39 Å². The van der Waals surface area contributed by atoms with Gasteiger partial charge in [-0.05, 0) is 61.3 Å². The Morgan fingerprint density at radius 2 is 2.00 bits per heavy atom. The van der Waals surface area contributed by atoms with Gasteiger partial charge in [0.2, 0.25) is 0 Å². The maximum atomic E-state index is 14.0. The van der Waals surface area contributed by atoms with E-state index in [4.69, 9.17) is 0 Å². The average molecular weight is 326 g/mol. The molecule has 2 saturated carbocycles. The van der Waals surface area contributed by atoms with Crippen LogP contribution in [0, 0.1) is 11.2 Å². The molecule has 1 aromatic carbocycles. The summed E-state index contributed by atoms with van der Waals surface area (Å²) in [5, 5.41) is 3.66. The molecule has 0 amide bonds. The summed E-state index contributed by atoms with van der Waals surface area (Å²) >= 11 is 3.45. The van der Waals surface area contributed by atoms with E-state index in [0.29, 0.717) is 0 Å². The van der Waals surface area contributed by atoms with Gasteiger partial charge < -0.3 is 5.32 Å². The number of benzene rings is 1. The monoisotopic (exact) mass is 325 g/mol. The van der Waals surface area contributed by atoms with E-state index in [1.54, 1.807) is 12.1 Å². The van der Waals surface area contributed by atoms with E-state index < -0.39 is 0 Å². The van der Waals surface area contributed by atoms with Crippen molar-refractivity contribution in [2.45, 2.75) is 51.0 Å². The lowest BCUT2D eigenvalue weighted by molar-refractivity contribution is 0.273. The Morgan fingerprint density at radius 1 is 1.26 bits per heavy atom. The van der Waals surface area contributed by atoms with Crippen molar-refractivity contribution in [3.63, 3.8) is 0 Å². The second-order valence-corrected chi connectivity index (χ2v) is 7.19. The highest BCUT2D eigenvalue weighted by Crippen LogP contribution is 2.41. The van der Waals surface area contributed by atoms with Crippen molar-refractivity contribution in [1.82, 2.24) is 5.32 Å². The van der Waals surface area contributed by atoms with Gasteiger partial charge in [-0.3, -0.25) is 0 Å². The molecule has 0 saturated heterocycles. The Morgan fingerprint density at radius 3 is 2.68 bits per heavy atom. The number of rotatable bonds is 5. The molecule has 0 atom stereocenters. The van der Waals surface area contributed by atoms with E-state index in [1.807, 2.05) is 6.07 Å². The summed E-state index contributed by atoms with van der Waals surface area (Å²) < 4.78 is 14.9. The molecule has 2 aliphatic rings. The Kier molecular flexibility index (Phi) is 3.95. The van der Waals surface area contributed by atoms with Gasteiger partial charge in [0, 0.05) is 17.1 Å². The Balaban J connectivity index is 1.74. The van der Waals surface area contributed by atoms with Crippen molar-refractivity contribution in [3.8, 4) is 0 Å². The lowest BCUT2D eigenvalue weighted by Gasteiger charge is -2.30. The van der Waals surface area contributed by atoms with Crippen LogP contribution < -0.4 is 5.32 Å². The van der Waals surface area contributed by atoms with Crippen LogP contribution in [0.2, 0.25) is 0 Å². The molecule has 1 N–H and O–H groups in total. The van der Waals surface area contributed by atoms with Crippen LogP contribution in [0.3, 0.4) is 0 Å². The standard InChI is InChI=1S/C16H21BrFN/c17-13-3-6-15(18)12(9-13)10-16(7-1-2-8-16)11-19-14-4-5-14/h3,6,9,14,19H,1-2,4-5,7-8,10-11H2. The third-order valence-electron chi connectivity index (χ3n) is 4.58. The van der Waals surface area contributed by atoms with Gasteiger partial charge in [0.15, 0.2) is 0 Å². The molecule has 2 aliphatic carbocycles. The summed E-state index contributed by atoms with van der Waals surface area (Å²) in [7, 11) is 0. The number of hydrogen-bond donors (Lipinski definition) is 1. The second kappa shape index (κ2) is 5.53. The van der Waals surface area contributed by atoms with E-state index in [-0.39, 0.29) is 11.2 Å². The molecule has 0 heterocycles. The first-order valence-electron chi connectivity index (χ1n) is 7.34. The summed E-state index contributed by atoms with van der Waals surface area (Å²) in [6.45, 7) is 1.06. The van der Waals surface area contributed by atoms with E-state index in [9.17, 15) is 4.39 Å². The topological polar surface area (TPSA) is 12.0 Å². The first kappa shape index (κ1) is 13.6. The SMILES string of the molecule is Fc1ccc(Br)cc1CC1(CNC2CC2)CCCC1. The molecule has 19 heavy (non-hydrogen) atoms. The van der Waals surface area contributed by atoms with Gasteiger partial charge in [-0.1, -0.05) is 28.8 Å². The zero-order valence-electron chi connectivity index (χ0n) is 11.2. The normalized spacial score (nSPS) is 21.8. The minimum Gasteiger partial charge on any atom is -0.313 e. The molecule has 0 bridgehead atoms. The fourth-order valence-electron chi connectivity index (χ4n) is 3.27. The van der Waals surface area contributed by atoms with Gasteiger partial charge in [0.05, 0.1) is 0 Å². The van der Waals surface area contributed by atoms with Crippen molar-refractivity contribution >= 4 is 15.9 Å². The molecule has 0 aliphatic heterocycles. The molecule has 0 spiro atoms. The molecule has 104 valence electrons. The van der Waals surface area contributed by atoms with E-state index >= 15 is 0 Å².